The van der Waals surface area contributed by atoms with E-state index >= 15 is 0 Å². The van der Waals surface area contributed by atoms with Crippen LogP contribution in [0.3, 0.4) is 0 Å². The lowest BCUT2D eigenvalue weighted by Gasteiger charge is -2.21. The molecule has 4 heteroatoms. The fraction of sp³-hybridized carbons (Fsp3) is 0.273. The van der Waals surface area contributed by atoms with E-state index in [1.54, 1.807) is 24.9 Å². The van der Waals surface area contributed by atoms with Crippen LogP contribution in [0.15, 0.2) is 35.3 Å². The Morgan fingerprint density at radius 1 is 1.40 bits per heavy atom. The molecule has 0 spiro atoms. The normalized spacial score (nSPS) is 19.9. The zero-order valence-corrected chi connectivity index (χ0v) is 8.18. The molecule has 0 radical (unpaired) electrons. The Labute approximate surface area is 87.4 Å². The minimum absolute atomic E-state index is 0.0532. The fourth-order valence-corrected chi connectivity index (χ4v) is 1.95. The van der Waals surface area contributed by atoms with Crippen LogP contribution in [-0.4, -0.2) is 16.5 Å². The van der Waals surface area contributed by atoms with Crippen molar-refractivity contribution in [3.8, 4) is 0 Å². The summed E-state index contributed by atoms with van der Waals surface area (Å²) in [7, 11) is 0. The molecule has 1 aliphatic rings. The average molecular weight is 201 g/mol. The second-order valence-corrected chi connectivity index (χ2v) is 3.58. The standard InChI is InChI=1S/C11H11N3O/c1-3-14-10(9-7-12-4-5-13-9)11-8(1)2-6-15-11/h2,4-7,10,14H,1,3H2. The molecule has 1 N–H and O–H groups in total. The smallest absolute Gasteiger partial charge is 0.130 e. The van der Waals surface area contributed by atoms with Gasteiger partial charge in [0, 0.05) is 18.9 Å². The summed E-state index contributed by atoms with van der Waals surface area (Å²) in [6, 6.07) is 2.08. The molecule has 0 bridgehead atoms. The number of hydrogen-bond donors (Lipinski definition) is 1. The molecule has 15 heavy (non-hydrogen) atoms. The Morgan fingerprint density at radius 3 is 3.27 bits per heavy atom. The van der Waals surface area contributed by atoms with E-state index in [2.05, 4.69) is 15.3 Å². The van der Waals surface area contributed by atoms with Crippen LogP contribution in [0.25, 0.3) is 0 Å². The first-order chi connectivity index (χ1) is 7.45. The van der Waals surface area contributed by atoms with Gasteiger partial charge in [0.05, 0.1) is 18.2 Å². The van der Waals surface area contributed by atoms with Crippen LogP contribution < -0.4 is 5.32 Å². The summed E-state index contributed by atoms with van der Waals surface area (Å²) in [4.78, 5) is 8.37. The molecule has 76 valence electrons. The van der Waals surface area contributed by atoms with Crippen molar-refractivity contribution in [1.82, 2.24) is 15.3 Å². The molecule has 0 amide bonds. The third kappa shape index (κ3) is 1.43. The zero-order valence-electron chi connectivity index (χ0n) is 8.18. The number of furan rings is 1. The van der Waals surface area contributed by atoms with E-state index in [9.17, 15) is 0 Å². The van der Waals surface area contributed by atoms with Gasteiger partial charge in [-0.3, -0.25) is 9.97 Å². The van der Waals surface area contributed by atoms with E-state index in [4.69, 9.17) is 4.42 Å². The summed E-state index contributed by atoms with van der Waals surface area (Å²) in [5, 5.41) is 3.38. The third-order valence-corrected chi connectivity index (χ3v) is 2.66. The summed E-state index contributed by atoms with van der Waals surface area (Å²) >= 11 is 0. The number of nitrogens with one attached hydrogen (secondary N) is 1. The van der Waals surface area contributed by atoms with Gasteiger partial charge in [-0.05, 0) is 18.1 Å². The monoisotopic (exact) mass is 201 g/mol. The molecule has 2 aromatic heterocycles. The minimum atomic E-state index is 0.0532. The van der Waals surface area contributed by atoms with Gasteiger partial charge in [0.1, 0.15) is 11.8 Å². The molecule has 0 saturated carbocycles. The minimum Gasteiger partial charge on any atom is -0.467 e. The number of rotatable bonds is 1. The molecule has 3 heterocycles. The molecule has 1 unspecified atom stereocenters. The average Bonchev–Trinajstić information content (AvgIpc) is 2.78. The molecular weight excluding hydrogens is 190 g/mol. The van der Waals surface area contributed by atoms with E-state index in [0.29, 0.717) is 0 Å². The van der Waals surface area contributed by atoms with Gasteiger partial charge in [-0.2, -0.15) is 0 Å². The molecule has 3 rings (SSSR count). The van der Waals surface area contributed by atoms with Crippen LogP contribution in [0.1, 0.15) is 23.1 Å². The maximum Gasteiger partial charge on any atom is 0.130 e. The Morgan fingerprint density at radius 2 is 2.40 bits per heavy atom. The van der Waals surface area contributed by atoms with Crippen molar-refractivity contribution in [3.63, 3.8) is 0 Å². The molecular formula is C11H11N3O. The quantitative estimate of drug-likeness (QED) is 0.755. The number of fused-ring (bicyclic) bond motifs is 1. The SMILES string of the molecule is c1cnc(C2NCCc3ccoc32)cn1. The summed E-state index contributed by atoms with van der Waals surface area (Å²) < 4.78 is 5.49. The van der Waals surface area contributed by atoms with Gasteiger partial charge in [0.2, 0.25) is 0 Å². The van der Waals surface area contributed by atoms with Gasteiger partial charge in [0.25, 0.3) is 0 Å². The van der Waals surface area contributed by atoms with Crippen molar-refractivity contribution in [2.24, 2.45) is 0 Å². The van der Waals surface area contributed by atoms with Crippen LogP contribution in [0.5, 0.6) is 0 Å². The lowest BCUT2D eigenvalue weighted by atomic mass is 10.0. The van der Waals surface area contributed by atoms with Gasteiger partial charge in [0.15, 0.2) is 0 Å². The summed E-state index contributed by atoms with van der Waals surface area (Å²) in [6.45, 7) is 0.952. The molecule has 1 aliphatic heterocycles. The first kappa shape index (κ1) is 8.61. The van der Waals surface area contributed by atoms with Crippen molar-refractivity contribution >= 4 is 0 Å². The van der Waals surface area contributed by atoms with Crippen molar-refractivity contribution in [3.05, 3.63) is 47.9 Å². The maximum atomic E-state index is 5.49. The first-order valence-corrected chi connectivity index (χ1v) is 5.01. The van der Waals surface area contributed by atoms with Gasteiger partial charge in [-0.25, -0.2) is 0 Å². The second-order valence-electron chi connectivity index (χ2n) is 3.58. The van der Waals surface area contributed by atoms with E-state index in [1.807, 2.05) is 6.07 Å². The topological polar surface area (TPSA) is 51.0 Å². The van der Waals surface area contributed by atoms with Crippen LogP contribution in [0.2, 0.25) is 0 Å². The highest BCUT2D eigenvalue weighted by Crippen LogP contribution is 2.27. The van der Waals surface area contributed by atoms with Crippen LogP contribution in [0.4, 0.5) is 0 Å². The van der Waals surface area contributed by atoms with Crippen molar-refractivity contribution in [2.45, 2.75) is 12.5 Å². The van der Waals surface area contributed by atoms with Gasteiger partial charge in [-0.1, -0.05) is 0 Å². The lowest BCUT2D eigenvalue weighted by molar-refractivity contribution is 0.419. The molecule has 0 fully saturated rings. The van der Waals surface area contributed by atoms with E-state index in [-0.39, 0.29) is 6.04 Å². The Bertz CT molecular complexity index is 452. The zero-order chi connectivity index (χ0) is 10.1. The number of hydrogen-bond acceptors (Lipinski definition) is 4. The molecule has 0 saturated heterocycles. The maximum absolute atomic E-state index is 5.49. The summed E-state index contributed by atoms with van der Waals surface area (Å²) in [5.41, 5.74) is 2.18. The molecule has 0 aliphatic carbocycles. The molecule has 0 aromatic carbocycles. The van der Waals surface area contributed by atoms with Crippen molar-refractivity contribution in [2.75, 3.05) is 6.54 Å². The predicted molar refractivity (Wildman–Crippen MR) is 54.3 cm³/mol. The lowest BCUT2D eigenvalue weighted by Crippen LogP contribution is -2.30. The highest BCUT2D eigenvalue weighted by molar-refractivity contribution is 5.29. The highest BCUT2D eigenvalue weighted by atomic mass is 16.3. The molecule has 1 atom stereocenters. The van der Waals surface area contributed by atoms with Crippen LogP contribution >= 0.6 is 0 Å². The summed E-state index contributed by atoms with van der Waals surface area (Å²) in [6.07, 6.45) is 7.91. The van der Waals surface area contributed by atoms with Crippen molar-refractivity contribution in [1.29, 1.82) is 0 Å². The van der Waals surface area contributed by atoms with E-state index in [1.165, 1.54) is 5.56 Å². The van der Waals surface area contributed by atoms with Gasteiger partial charge < -0.3 is 9.73 Å². The number of aromatic nitrogens is 2. The second kappa shape index (κ2) is 3.47. The molecule has 2 aromatic rings. The van der Waals surface area contributed by atoms with Gasteiger partial charge in [-0.15, -0.1) is 0 Å². The molecule has 4 nitrogen and oxygen atoms in total. The number of nitrogens with zero attached hydrogens (tertiary/aromatic N) is 2. The van der Waals surface area contributed by atoms with E-state index < -0.39 is 0 Å². The third-order valence-electron chi connectivity index (χ3n) is 2.66. The van der Waals surface area contributed by atoms with Crippen LogP contribution in [-0.2, 0) is 6.42 Å². The van der Waals surface area contributed by atoms with Gasteiger partial charge >= 0.3 is 0 Å². The fourth-order valence-electron chi connectivity index (χ4n) is 1.95. The Hall–Kier alpha value is -1.68. The highest BCUT2D eigenvalue weighted by Gasteiger charge is 2.25. The first-order valence-electron chi connectivity index (χ1n) is 5.01. The predicted octanol–water partition coefficient (Wildman–Crippen LogP) is 1.30. The Balaban J connectivity index is 2.03. The largest absolute Gasteiger partial charge is 0.467 e. The summed E-state index contributed by atoms with van der Waals surface area (Å²) in [5.74, 6) is 0.974. The van der Waals surface area contributed by atoms with Crippen LogP contribution in [0, 0.1) is 0 Å². The van der Waals surface area contributed by atoms with Crippen molar-refractivity contribution < 1.29 is 4.42 Å². The van der Waals surface area contributed by atoms with E-state index in [0.717, 1.165) is 24.4 Å². The Kier molecular flexibility index (Phi) is 1.99.